The van der Waals surface area contributed by atoms with Crippen LogP contribution in [-0.4, -0.2) is 30.2 Å². The van der Waals surface area contributed by atoms with E-state index in [0.717, 1.165) is 6.42 Å². The molecule has 0 aliphatic heterocycles. The highest BCUT2D eigenvalue weighted by atomic mass is 16.5. The van der Waals surface area contributed by atoms with Gasteiger partial charge < -0.3 is 25.8 Å². The van der Waals surface area contributed by atoms with E-state index in [1.807, 2.05) is 18.2 Å². The fourth-order valence-electron chi connectivity index (χ4n) is 1.98. The van der Waals surface area contributed by atoms with Gasteiger partial charge in [-0.1, -0.05) is 6.92 Å². The van der Waals surface area contributed by atoms with Gasteiger partial charge in [-0.15, -0.1) is 0 Å². The zero-order valence-corrected chi connectivity index (χ0v) is 13.9. The number of rotatable bonds is 7. The molecule has 0 saturated heterocycles. The van der Waals surface area contributed by atoms with Gasteiger partial charge in [0, 0.05) is 12.1 Å². The third-order valence-electron chi connectivity index (χ3n) is 3.54. The Morgan fingerprint density at radius 2 is 1.91 bits per heavy atom. The van der Waals surface area contributed by atoms with Crippen molar-refractivity contribution >= 4 is 23.0 Å². The van der Waals surface area contributed by atoms with E-state index in [1.165, 1.54) is 6.33 Å². The van der Waals surface area contributed by atoms with Crippen LogP contribution in [0.5, 0.6) is 11.5 Å². The standard InChI is InChI=1S/C16H23N5O2/c1-5-10(2)20-15-14(17)16(19-9-18-15)21-12-8-11(22-3)6-7-13(12)23-4/h6-10H,5,17H2,1-4H3,(H2,18,19,20,21). The first-order valence-corrected chi connectivity index (χ1v) is 7.45. The zero-order valence-electron chi connectivity index (χ0n) is 13.9. The van der Waals surface area contributed by atoms with Crippen LogP contribution in [0.25, 0.3) is 0 Å². The van der Waals surface area contributed by atoms with Crippen molar-refractivity contribution < 1.29 is 9.47 Å². The fraction of sp³-hybridized carbons (Fsp3) is 0.375. The molecule has 1 heterocycles. The van der Waals surface area contributed by atoms with Crippen LogP contribution in [0, 0.1) is 0 Å². The highest BCUT2D eigenvalue weighted by molar-refractivity contribution is 5.79. The van der Waals surface area contributed by atoms with Gasteiger partial charge in [-0.3, -0.25) is 0 Å². The normalized spacial score (nSPS) is 11.7. The molecular weight excluding hydrogens is 294 g/mol. The lowest BCUT2D eigenvalue weighted by molar-refractivity contribution is 0.405. The van der Waals surface area contributed by atoms with Gasteiger partial charge >= 0.3 is 0 Å². The van der Waals surface area contributed by atoms with Gasteiger partial charge in [-0.05, 0) is 25.5 Å². The number of methoxy groups -OCH3 is 2. The van der Waals surface area contributed by atoms with Crippen molar-refractivity contribution in [2.75, 3.05) is 30.6 Å². The Hall–Kier alpha value is -2.70. The van der Waals surface area contributed by atoms with Crippen molar-refractivity contribution in [1.29, 1.82) is 0 Å². The Balaban J connectivity index is 2.31. The van der Waals surface area contributed by atoms with Crippen LogP contribution in [0.1, 0.15) is 20.3 Å². The maximum Gasteiger partial charge on any atom is 0.159 e. The van der Waals surface area contributed by atoms with Gasteiger partial charge in [0.25, 0.3) is 0 Å². The molecule has 0 amide bonds. The van der Waals surface area contributed by atoms with Gasteiger partial charge in [-0.25, -0.2) is 9.97 Å². The summed E-state index contributed by atoms with van der Waals surface area (Å²) in [7, 11) is 3.21. The number of aromatic nitrogens is 2. The Kier molecular flexibility index (Phi) is 5.46. The van der Waals surface area contributed by atoms with Crippen LogP contribution < -0.4 is 25.8 Å². The number of nitrogens with two attached hydrogens (primary N) is 1. The van der Waals surface area contributed by atoms with Crippen LogP contribution in [0.2, 0.25) is 0 Å². The summed E-state index contributed by atoms with van der Waals surface area (Å²) in [5.41, 5.74) is 7.34. The van der Waals surface area contributed by atoms with E-state index in [1.54, 1.807) is 14.2 Å². The highest BCUT2D eigenvalue weighted by Crippen LogP contribution is 2.33. The van der Waals surface area contributed by atoms with Crippen molar-refractivity contribution in [3.8, 4) is 11.5 Å². The number of benzene rings is 1. The molecule has 1 aromatic carbocycles. The third kappa shape index (κ3) is 3.94. The Morgan fingerprint density at radius 1 is 1.17 bits per heavy atom. The number of hydrogen-bond donors (Lipinski definition) is 3. The van der Waals surface area contributed by atoms with E-state index in [9.17, 15) is 0 Å². The minimum Gasteiger partial charge on any atom is -0.497 e. The lowest BCUT2D eigenvalue weighted by atomic mass is 10.2. The number of nitrogens with zero attached hydrogens (tertiary/aromatic N) is 2. The maximum absolute atomic E-state index is 6.17. The second kappa shape index (κ2) is 7.53. The molecule has 4 N–H and O–H groups in total. The number of nitrogen functional groups attached to an aromatic ring is 1. The van der Waals surface area contributed by atoms with Crippen LogP contribution in [0.3, 0.4) is 0 Å². The molecule has 2 aromatic rings. The van der Waals surface area contributed by atoms with Crippen LogP contribution in [0.4, 0.5) is 23.0 Å². The molecule has 7 nitrogen and oxygen atoms in total. The van der Waals surface area contributed by atoms with Crippen molar-refractivity contribution in [2.24, 2.45) is 0 Å². The van der Waals surface area contributed by atoms with E-state index in [2.05, 4.69) is 34.4 Å². The summed E-state index contributed by atoms with van der Waals surface area (Å²) in [4.78, 5) is 8.42. The average Bonchev–Trinajstić information content (AvgIpc) is 2.58. The molecule has 0 bridgehead atoms. The Morgan fingerprint density at radius 3 is 2.57 bits per heavy atom. The summed E-state index contributed by atoms with van der Waals surface area (Å²) in [6, 6.07) is 5.73. The second-order valence-corrected chi connectivity index (χ2v) is 5.13. The molecule has 23 heavy (non-hydrogen) atoms. The zero-order chi connectivity index (χ0) is 16.8. The highest BCUT2D eigenvalue weighted by Gasteiger charge is 2.12. The first-order valence-electron chi connectivity index (χ1n) is 7.45. The largest absolute Gasteiger partial charge is 0.497 e. The smallest absolute Gasteiger partial charge is 0.159 e. The minimum atomic E-state index is 0.270. The molecule has 1 aromatic heterocycles. The predicted molar refractivity (Wildman–Crippen MR) is 92.6 cm³/mol. The van der Waals surface area contributed by atoms with E-state index >= 15 is 0 Å². The molecule has 0 aliphatic rings. The topological polar surface area (TPSA) is 94.3 Å². The first-order chi connectivity index (χ1) is 11.1. The van der Waals surface area contributed by atoms with Crippen LogP contribution >= 0.6 is 0 Å². The summed E-state index contributed by atoms with van der Waals surface area (Å²) in [5.74, 6) is 2.50. The molecule has 0 radical (unpaired) electrons. The van der Waals surface area contributed by atoms with Crippen molar-refractivity contribution in [3.63, 3.8) is 0 Å². The molecule has 0 spiro atoms. The van der Waals surface area contributed by atoms with E-state index in [0.29, 0.717) is 34.5 Å². The minimum absolute atomic E-state index is 0.270. The molecule has 7 heteroatoms. The monoisotopic (exact) mass is 317 g/mol. The van der Waals surface area contributed by atoms with Gasteiger partial charge in [0.15, 0.2) is 11.6 Å². The summed E-state index contributed by atoms with van der Waals surface area (Å²) in [6.07, 6.45) is 2.44. The number of nitrogens with one attached hydrogen (secondary N) is 2. The summed E-state index contributed by atoms with van der Waals surface area (Å²) in [5, 5.41) is 6.44. The van der Waals surface area contributed by atoms with E-state index in [-0.39, 0.29) is 6.04 Å². The van der Waals surface area contributed by atoms with Crippen molar-refractivity contribution in [2.45, 2.75) is 26.3 Å². The first kappa shape index (κ1) is 16.7. The van der Waals surface area contributed by atoms with Crippen LogP contribution in [-0.2, 0) is 0 Å². The Bertz CT molecular complexity index is 663. The van der Waals surface area contributed by atoms with Gasteiger partial charge in [0.2, 0.25) is 0 Å². The summed E-state index contributed by atoms with van der Waals surface area (Å²) < 4.78 is 10.6. The quantitative estimate of drug-likeness (QED) is 0.722. The lowest BCUT2D eigenvalue weighted by Gasteiger charge is -2.17. The van der Waals surface area contributed by atoms with E-state index in [4.69, 9.17) is 15.2 Å². The predicted octanol–water partition coefficient (Wildman–Crippen LogP) is 3.03. The molecule has 1 atom stereocenters. The number of hydrogen-bond acceptors (Lipinski definition) is 7. The van der Waals surface area contributed by atoms with Gasteiger partial charge in [-0.2, -0.15) is 0 Å². The fourth-order valence-corrected chi connectivity index (χ4v) is 1.98. The SMILES string of the molecule is CCC(C)Nc1ncnc(Nc2cc(OC)ccc2OC)c1N. The molecule has 2 rings (SSSR count). The molecule has 0 fully saturated rings. The van der Waals surface area contributed by atoms with Gasteiger partial charge in [0.1, 0.15) is 23.5 Å². The van der Waals surface area contributed by atoms with Crippen molar-refractivity contribution in [3.05, 3.63) is 24.5 Å². The lowest BCUT2D eigenvalue weighted by Crippen LogP contribution is -2.16. The molecule has 124 valence electrons. The molecule has 0 aliphatic carbocycles. The molecule has 1 unspecified atom stereocenters. The number of anilines is 4. The second-order valence-electron chi connectivity index (χ2n) is 5.13. The van der Waals surface area contributed by atoms with Gasteiger partial charge in [0.05, 0.1) is 19.9 Å². The maximum atomic E-state index is 6.17. The van der Waals surface area contributed by atoms with Crippen LogP contribution in [0.15, 0.2) is 24.5 Å². The third-order valence-corrected chi connectivity index (χ3v) is 3.54. The molecule has 0 saturated carbocycles. The summed E-state index contributed by atoms with van der Waals surface area (Å²) in [6.45, 7) is 4.16. The van der Waals surface area contributed by atoms with E-state index < -0.39 is 0 Å². The molecular formula is C16H23N5O2. The number of ether oxygens (including phenoxy) is 2. The average molecular weight is 317 g/mol. The summed E-state index contributed by atoms with van der Waals surface area (Å²) >= 11 is 0. The Labute approximate surface area is 136 Å². The van der Waals surface area contributed by atoms with Crippen molar-refractivity contribution in [1.82, 2.24) is 9.97 Å².